The zero-order valence-corrected chi connectivity index (χ0v) is 11.4. The molecular weight excluding hydrogens is 242 g/mol. The van der Waals surface area contributed by atoms with Gasteiger partial charge in [0.05, 0.1) is 0 Å². The topological polar surface area (TPSA) is 23.5 Å². The molecule has 2 nitrogen and oxygen atoms in total. The van der Waals surface area contributed by atoms with Crippen molar-refractivity contribution < 1.29 is 5.11 Å². The highest BCUT2D eigenvalue weighted by Crippen LogP contribution is 2.25. The van der Waals surface area contributed by atoms with Crippen molar-refractivity contribution in [1.29, 1.82) is 0 Å². The first-order chi connectivity index (χ1) is 8.81. The lowest BCUT2D eigenvalue weighted by Crippen LogP contribution is -2.24. The molecule has 3 heteroatoms. The molecule has 2 rings (SSSR count). The molecule has 0 saturated carbocycles. The summed E-state index contributed by atoms with van der Waals surface area (Å²) >= 11 is 1.78. The highest BCUT2D eigenvalue weighted by Gasteiger charge is 2.16. The molecule has 0 aliphatic heterocycles. The van der Waals surface area contributed by atoms with E-state index in [0.717, 1.165) is 13.0 Å². The van der Waals surface area contributed by atoms with Crippen molar-refractivity contribution in [3.63, 3.8) is 0 Å². The molecule has 96 valence electrons. The summed E-state index contributed by atoms with van der Waals surface area (Å²) in [4.78, 5) is 3.66. The fourth-order valence-corrected chi connectivity index (χ4v) is 2.96. The second-order valence-corrected chi connectivity index (χ2v) is 5.47. The molecule has 1 heterocycles. The van der Waals surface area contributed by atoms with Crippen molar-refractivity contribution in [2.75, 3.05) is 13.7 Å². The Hall–Kier alpha value is -1.16. The summed E-state index contributed by atoms with van der Waals surface area (Å²) < 4.78 is 0. The average Bonchev–Trinajstić information content (AvgIpc) is 2.89. The quantitative estimate of drug-likeness (QED) is 0.862. The van der Waals surface area contributed by atoms with E-state index in [2.05, 4.69) is 53.7 Å². The Kier molecular flexibility index (Phi) is 4.93. The van der Waals surface area contributed by atoms with Crippen molar-refractivity contribution in [2.45, 2.75) is 19.0 Å². The highest BCUT2D eigenvalue weighted by atomic mass is 32.1. The minimum absolute atomic E-state index is 0.217. The molecule has 2 aromatic rings. The standard InChI is InChI=1S/C15H19NOS/c1-16(12-14-8-5-11-18-14)15(9-10-17)13-6-3-2-4-7-13/h2-8,11,15,17H,9-10,12H2,1H3/t15-/m1/s1. The Morgan fingerprint density at radius 3 is 2.56 bits per heavy atom. The molecular formula is C15H19NOS. The Morgan fingerprint density at radius 1 is 1.17 bits per heavy atom. The summed E-state index contributed by atoms with van der Waals surface area (Å²) in [5.74, 6) is 0. The summed E-state index contributed by atoms with van der Waals surface area (Å²) in [6.07, 6.45) is 0.770. The predicted molar refractivity (Wildman–Crippen MR) is 76.7 cm³/mol. The van der Waals surface area contributed by atoms with E-state index < -0.39 is 0 Å². The van der Waals surface area contributed by atoms with Gasteiger partial charge in [-0.05, 0) is 30.5 Å². The van der Waals surface area contributed by atoms with Gasteiger partial charge >= 0.3 is 0 Å². The number of thiophene rings is 1. The van der Waals surface area contributed by atoms with Gasteiger partial charge in [-0.3, -0.25) is 4.90 Å². The van der Waals surface area contributed by atoms with Gasteiger partial charge in [0.1, 0.15) is 0 Å². The van der Waals surface area contributed by atoms with Crippen LogP contribution in [-0.4, -0.2) is 23.7 Å². The summed E-state index contributed by atoms with van der Waals surface area (Å²) in [7, 11) is 2.12. The van der Waals surface area contributed by atoms with Gasteiger partial charge < -0.3 is 5.11 Å². The molecule has 0 unspecified atom stereocenters. The van der Waals surface area contributed by atoms with Crippen LogP contribution in [0.25, 0.3) is 0 Å². The number of hydrogen-bond acceptors (Lipinski definition) is 3. The summed E-state index contributed by atoms with van der Waals surface area (Å²) in [6.45, 7) is 1.14. The highest BCUT2D eigenvalue weighted by molar-refractivity contribution is 7.09. The van der Waals surface area contributed by atoms with E-state index in [1.165, 1.54) is 10.4 Å². The van der Waals surface area contributed by atoms with Gasteiger partial charge in [-0.15, -0.1) is 11.3 Å². The molecule has 0 bridgehead atoms. The first-order valence-corrected chi connectivity index (χ1v) is 7.07. The maximum atomic E-state index is 9.25. The normalized spacial score (nSPS) is 12.8. The Balaban J connectivity index is 2.09. The first-order valence-electron chi connectivity index (χ1n) is 6.19. The lowest BCUT2D eigenvalue weighted by molar-refractivity contribution is 0.181. The summed E-state index contributed by atoms with van der Waals surface area (Å²) in [5.41, 5.74) is 1.27. The van der Waals surface area contributed by atoms with Gasteiger partial charge in [-0.2, -0.15) is 0 Å². The number of nitrogens with zero attached hydrogens (tertiary/aromatic N) is 1. The van der Waals surface area contributed by atoms with Gasteiger partial charge in [-0.1, -0.05) is 36.4 Å². The Bertz CT molecular complexity index is 441. The van der Waals surface area contributed by atoms with Crippen LogP contribution < -0.4 is 0 Å². The molecule has 1 aromatic heterocycles. The largest absolute Gasteiger partial charge is 0.396 e. The zero-order chi connectivity index (χ0) is 12.8. The van der Waals surface area contributed by atoms with Crippen LogP contribution >= 0.6 is 11.3 Å². The van der Waals surface area contributed by atoms with Crippen LogP contribution in [0.1, 0.15) is 22.9 Å². The van der Waals surface area contributed by atoms with Crippen molar-refractivity contribution in [3.05, 3.63) is 58.3 Å². The van der Waals surface area contributed by atoms with Crippen LogP contribution in [0.5, 0.6) is 0 Å². The molecule has 0 radical (unpaired) electrons. The van der Waals surface area contributed by atoms with Crippen molar-refractivity contribution in [3.8, 4) is 0 Å². The second kappa shape index (κ2) is 6.69. The monoisotopic (exact) mass is 261 g/mol. The van der Waals surface area contributed by atoms with E-state index in [9.17, 15) is 5.11 Å². The molecule has 1 N–H and O–H groups in total. The van der Waals surface area contributed by atoms with Crippen LogP contribution in [0.2, 0.25) is 0 Å². The van der Waals surface area contributed by atoms with Gasteiger partial charge in [0, 0.05) is 24.1 Å². The fourth-order valence-electron chi connectivity index (χ4n) is 2.20. The zero-order valence-electron chi connectivity index (χ0n) is 10.6. The molecule has 1 aromatic carbocycles. The van der Waals surface area contributed by atoms with Gasteiger partial charge in [0.2, 0.25) is 0 Å². The first kappa shape index (κ1) is 13.3. The molecule has 0 fully saturated rings. The van der Waals surface area contributed by atoms with E-state index in [-0.39, 0.29) is 12.6 Å². The van der Waals surface area contributed by atoms with Gasteiger partial charge in [0.15, 0.2) is 0 Å². The van der Waals surface area contributed by atoms with Crippen LogP contribution in [0.3, 0.4) is 0 Å². The van der Waals surface area contributed by atoms with Crippen molar-refractivity contribution in [1.82, 2.24) is 4.90 Å². The molecule has 0 amide bonds. The third-order valence-electron chi connectivity index (χ3n) is 3.10. The average molecular weight is 261 g/mol. The summed E-state index contributed by atoms with van der Waals surface area (Å²) in [6, 6.07) is 14.9. The smallest absolute Gasteiger partial charge is 0.0449 e. The second-order valence-electron chi connectivity index (χ2n) is 4.43. The number of benzene rings is 1. The minimum atomic E-state index is 0.217. The molecule has 0 aliphatic rings. The van der Waals surface area contributed by atoms with Gasteiger partial charge in [0.25, 0.3) is 0 Å². The Labute approximate surface area is 113 Å². The van der Waals surface area contributed by atoms with E-state index in [0.29, 0.717) is 0 Å². The van der Waals surface area contributed by atoms with Crippen molar-refractivity contribution >= 4 is 11.3 Å². The number of aliphatic hydroxyl groups is 1. The maximum Gasteiger partial charge on any atom is 0.0449 e. The molecule has 1 atom stereocenters. The van der Waals surface area contributed by atoms with Crippen LogP contribution in [0.15, 0.2) is 47.8 Å². The van der Waals surface area contributed by atoms with Crippen molar-refractivity contribution in [2.24, 2.45) is 0 Å². The predicted octanol–water partition coefficient (Wildman–Crippen LogP) is 3.30. The molecule has 0 saturated heterocycles. The third kappa shape index (κ3) is 3.42. The number of hydrogen-bond donors (Lipinski definition) is 1. The van der Waals surface area contributed by atoms with E-state index in [1.807, 2.05) is 6.07 Å². The lowest BCUT2D eigenvalue weighted by Gasteiger charge is -2.27. The minimum Gasteiger partial charge on any atom is -0.396 e. The maximum absolute atomic E-state index is 9.25. The van der Waals surface area contributed by atoms with Crippen LogP contribution in [0.4, 0.5) is 0 Å². The van der Waals surface area contributed by atoms with E-state index in [1.54, 1.807) is 11.3 Å². The molecule has 18 heavy (non-hydrogen) atoms. The van der Waals surface area contributed by atoms with Crippen LogP contribution in [-0.2, 0) is 6.54 Å². The molecule has 0 aliphatic carbocycles. The SMILES string of the molecule is CN(Cc1cccs1)[C@H](CCO)c1ccccc1. The number of rotatable bonds is 6. The third-order valence-corrected chi connectivity index (χ3v) is 3.97. The Morgan fingerprint density at radius 2 is 1.94 bits per heavy atom. The van der Waals surface area contributed by atoms with Crippen LogP contribution in [0, 0.1) is 0 Å². The number of aliphatic hydroxyl groups excluding tert-OH is 1. The molecule has 0 spiro atoms. The van der Waals surface area contributed by atoms with E-state index >= 15 is 0 Å². The van der Waals surface area contributed by atoms with Gasteiger partial charge in [-0.25, -0.2) is 0 Å². The summed E-state index contributed by atoms with van der Waals surface area (Å²) in [5, 5.41) is 11.4. The lowest BCUT2D eigenvalue weighted by atomic mass is 10.0. The van der Waals surface area contributed by atoms with E-state index in [4.69, 9.17) is 0 Å². The fraction of sp³-hybridized carbons (Fsp3) is 0.333.